The van der Waals surface area contributed by atoms with Crippen molar-refractivity contribution in [1.82, 2.24) is 26.8 Å². The van der Waals surface area contributed by atoms with Gasteiger partial charge < -0.3 is 32.2 Å². The highest BCUT2D eigenvalue weighted by Crippen LogP contribution is 2.10. The summed E-state index contributed by atoms with van der Waals surface area (Å²) >= 11 is 0. The number of hydrazone groups is 1. The van der Waals surface area contributed by atoms with Gasteiger partial charge in [0.15, 0.2) is 5.03 Å². The molecule has 0 saturated heterocycles. The highest BCUT2D eigenvalue weighted by atomic mass is 16.7. The molecule has 0 unspecified atom stereocenters. The third-order valence-electron chi connectivity index (χ3n) is 5.69. The Kier molecular flexibility index (Phi) is 16.1. The monoisotopic (exact) mass is 606 g/mol. The molecular formula is C26H42N10O7. The molecule has 1 aromatic rings. The second kappa shape index (κ2) is 19.2. The normalized spacial score (nSPS) is 13.6. The number of urea groups is 1. The fraction of sp³-hybridized carbons (Fsp3) is 0.538. The molecule has 9 N–H and O–H groups in total. The molecule has 0 aliphatic carbocycles. The third-order valence-corrected chi connectivity index (χ3v) is 5.69. The molecule has 0 aliphatic rings. The Bertz CT molecular complexity index is 1130. The van der Waals surface area contributed by atoms with E-state index in [1.54, 1.807) is 31.4 Å². The molecule has 0 bridgehead atoms. The van der Waals surface area contributed by atoms with E-state index in [-0.39, 0.29) is 43.8 Å². The topological polar surface area (TPSA) is 258 Å². The van der Waals surface area contributed by atoms with Gasteiger partial charge in [0, 0.05) is 12.8 Å². The van der Waals surface area contributed by atoms with Crippen LogP contribution in [0.3, 0.4) is 0 Å². The number of nitrogens with two attached hydrogens (primary N) is 2. The van der Waals surface area contributed by atoms with Crippen molar-refractivity contribution in [1.29, 1.82) is 0 Å². The number of carbonyl (C=O) groups is 4. The number of nitrogens with one attached hydrogen (secondary N) is 5. The van der Waals surface area contributed by atoms with Gasteiger partial charge in [0.2, 0.25) is 11.8 Å². The highest BCUT2D eigenvalue weighted by Gasteiger charge is 2.30. The number of nitro groups is 1. The lowest BCUT2D eigenvalue weighted by atomic mass is 9.99. The van der Waals surface area contributed by atoms with Crippen LogP contribution >= 0.6 is 0 Å². The van der Waals surface area contributed by atoms with E-state index in [1.807, 2.05) is 37.5 Å². The summed E-state index contributed by atoms with van der Waals surface area (Å²) in [7, 11) is 0. The van der Waals surface area contributed by atoms with E-state index >= 15 is 0 Å². The van der Waals surface area contributed by atoms with Gasteiger partial charge >= 0.3 is 12.1 Å². The predicted octanol–water partition coefficient (Wildman–Crippen LogP) is 0.483. The largest absolute Gasteiger partial charge is 0.445 e. The van der Waals surface area contributed by atoms with Crippen LogP contribution in [0.15, 0.2) is 40.4 Å². The first-order chi connectivity index (χ1) is 20.3. The van der Waals surface area contributed by atoms with Gasteiger partial charge in [0.05, 0.1) is 6.04 Å². The van der Waals surface area contributed by atoms with Gasteiger partial charge in [0.25, 0.3) is 5.96 Å². The summed E-state index contributed by atoms with van der Waals surface area (Å²) in [6, 6.07) is 5.44. The number of primary amides is 1. The summed E-state index contributed by atoms with van der Waals surface area (Å²) in [6.45, 7) is 7.35. The molecule has 0 spiro atoms. The van der Waals surface area contributed by atoms with Gasteiger partial charge in [-0.15, -0.1) is 0 Å². The number of ether oxygens (including phenoxy) is 1. The SMILES string of the molecule is CC(C)C[C@H](NC(=O)[C@@H](NC(=O)OCc1ccccc1)C(C)C)C(=O)N[C@H](/C=N/NC(N)=O)CCCN=C(N)N[N+](=O)[O-]. The molecule has 17 nitrogen and oxygen atoms in total. The van der Waals surface area contributed by atoms with Gasteiger partial charge in [-0.25, -0.2) is 30.1 Å². The molecule has 3 atom stereocenters. The van der Waals surface area contributed by atoms with Gasteiger partial charge in [-0.3, -0.25) is 9.59 Å². The van der Waals surface area contributed by atoms with Crippen molar-refractivity contribution in [2.45, 2.75) is 71.7 Å². The number of nitrogens with zero attached hydrogens (tertiary/aromatic N) is 3. The van der Waals surface area contributed by atoms with Crippen LogP contribution in [0.5, 0.6) is 0 Å². The number of benzene rings is 1. The average molecular weight is 607 g/mol. The maximum Gasteiger partial charge on any atom is 0.408 e. The maximum atomic E-state index is 13.3. The quantitative estimate of drug-likeness (QED) is 0.0427. The van der Waals surface area contributed by atoms with Crippen LogP contribution in [-0.2, 0) is 20.9 Å². The number of hydrazine groups is 1. The Morgan fingerprint density at radius 2 is 1.70 bits per heavy atom. The van der Waals surface area contributed by atoms with Crippen LogP contribution in [-0.4, -0.2) is 65.8 Å². The number of hydrogen-bond donors (Lipinski definition) is 7. The average Bonchev–Trinajstić information content (AvgIpc) is 2.91. The van der Waals surface area contributed by atoms with Crippen LogP contribution in [0.1, 0.15) is 52.5 Å². The molecular weight excluding hydrogens is 564 g/mol. The molecule has 0 fully saturated rings. The smallest absolute Gasteiger partial charge is 0.408 e. The number of amides is 5. The molecule has 238 valence electrons. The zero-order valence-electron chi connectivity index (χ0n) is 24.7. The van der Waals surface area contributed by atoms with Gasteiger partial charge in [0.1, 0.15) is 18.7 Å². The summed E-state index contributed by atoms with van der Waals surface area (Å²) in [6.07, 6.45) is 1.31. The van der Waals surface area contributed by atoms with Crippen molar-refractivity contribution in [2.75, 3.05) is 6.54 Å². The minimum Gasteiger partial charge on any atom is -0.445 e. The Labute approximate surface area is 249 Å². The minimum absolute atomic E-state index is 0.00685. The predicted molar refractivity (Wildman–Crippen MR) is 159 cm³/mol. The molecule has 17 heteroatoms. The van der Waals surface area contributed by atoms with Crippen LogP contribution in [0, 0.1) is 22.0 Å². The zero-order valence-corrected chi connectivity index (χ0v) is 24.7. The van der Waals surface area contributed by atoms with Crippen LogP contribution in [0.4, 0.5) is 9.59 Å². The molecule has 1 rings (SSSR count). The standard InChI is InChI=1S/C26H42N10O7/c1-16(2)13-20(32-23(38)21(17(3)4)33-26(40)43-15-18-9-6-5-7-10-18)22(37)31-19(14-30-34-25(28)39)11-8-12-29-24(27)35-36(41)42/h5-7,9-10,14,16-17,19-21H,8,11-13,15H2,1-4H3,(H,31,37)(H,32,38)(H,33,40)(H3,27,29,35)(H3,28,34,39)/b30-14+/t19-,20-,21-/m0/s1. The van der Waals surface area contributed by atoms with Gasteiger partial charge in [-0.05, 0) is 36.7 Å². The maximum absolute atomic E-state index is 13.3. The summed E-state index contributed by atoms with van der Waals surface area (Å²) < 4.78 is 5.25. The molecule has 5 amide bonds. The number of alkyl carbamates (subject to hydrolysis) is 1. The van der Waals surface area contributed by atoms with E-state index in [4.69, 9.17) is 16.2 Å². The van der Waals surface area contributed by atoms with Crippen molar-refractivity contribution in [3.63, 3.8) is 0 Å². The van der Waals surface area contributed by atoms with E-state index < -0.39 is 47.1 Å². The first kappa shape index (κ1) is 36.1. The van der Waals surface area contributed by atoms with Crippen molar-refractivity contribution in [3.8, 4) is 0 Å². The van der Waals surface area contributed by atoms with E-state index in [2.05, 4.69) is 26.0 Å². The summed E-state index contributed by atoms with van der Waals surface area (Å²) in [5, 5.41) is 21.4. The molecule has 43 heavy (non-hydrogen) atoms. The Balaban J connectivity index is 2.92. The summed E-state index contributed by atoms with van der Waals surface area (Å²) in [5.41, 5.74) is 15.0. The van der Waals surface area contributed by atoms with Crippen molar-refractivity contribution >= 4 is 36.1 Å². The van der Waals surface area contributed by atoms with Crippen molar-refractivity contribution < 1.29 is 28.9 Å². The highest BCUT2D eigenvalue weighted by molar-refractivity contribution is 5.92. The molecule has 1 aromatic carbocycles. The number of rotatable bonds is 17. The second-order valence-electron chi connectivity index (χ2n) is 10.3. The molecule has 0 aromatic heterocycles. The van der Waals surface area contributed by atoms with Gasteiger partial charge in [-0.1, -0.05) is 63.5 Å². The van der Waals surface area contributed by atoms with E-state index in [9.17, 15) is 29.3 Å². The molecule has 0 saturated carbocycles. The Morgan fingerprint density at radius 3 is 2.28 bits per heavy atom. The third kappa shape index (κ3) is 16.2. The summed E-state index contributed by atoms with van der Waals surface area (Å²) in [4.78, 5) is 64.3. The second-order valence-corrected chi connectivity index (χ2v) is 10.3. The van der Waals surface area contributed by atoms with Crippen molar-refractivity contribution in [3.05, 3.63) is 46.0 Å². The Hall–Kier alpha value is -4.96. The molecule has 0 heterocycles. The number of guanidine groups is 1. The summed E-state index contributed by atoms with van der Waals surface area (Å²) in [5.74, 6) is -1.82. The van der Waals surface area contributed by atoms with E-state index in [1.165, 1.54) is 6.21 Å². The van der Waals surface area contributed by atoms with Crippen LogP contribution in [0.25, 0.3) is 0 Å². The van der Waals surface area contributed by atoms with E-state index in [0.717, 1.165) is 5.56 Å². The van der Waals surface area contributed by atoms with Gasteiger partial charge in [-0.2, -0.15) is 5.10 Å². The first-order valence-corrected chi connectivity index (χ1v) is 13.7. The molecule has 0 aliphatic heterocycles. The zero-order chi connectivity index (χ0) is 32.4. The minimum atomic E-state index is -0.987. The van der Waals surface area contributed by atoms with E-state index in [0.29, 0.717) is 6.42 Å². The molecule has 0 radical (unpaired) electrons. The number of aliphatic imine (C=N–C) groups is 1. The van der Waals surface area contributed by atoms with Crippen LogP contribution in [0.2, 0.25) is 0 Å². The lowest BCUT2D eigenvalue weighted by Gasteiger charge is -2.27. The number of hydrogen-bond acceptors (Lipinski definition) is 9. The fourth-order valence-corrected chi connectivity index (χ4v) is 3.69. The fourth-order valence-electron chi connectivity index (χ4n) is 3.69. The Morgan fingerprint density at radius 1 is 1.02 bits per heavy atom. The number of carbonyl (C=O) groups excluding carboxylic acids is 4. The van der Waals surface area contributed by atoms with Crippen molar-refractivity contribution in [2.24, 2.45) is 33.4 Å². The van der Waals surface area contributed by atoms with Crippen LogP contribution < -0.4 is 38.3 Å². The lowest BCUT2D eigenvalue weighted by Crippen LogP contribution is -2.56. The lowest BCUT2D eigenvalue weighted by molar-refractivity contribution is -0.525. The first-order valence-electron chi connectivity index (χ1n) is 13.7.